The topological polar surface area (TPSA) is 79.3 Å². The summed E-state index contributed by atoms with van der Waals surface area (Å²) in [6, 6.07) is 3.29. The fraction of sp³-hybridized carbons (Fsp3) is 0.462. The monoisotopic (exact) mass is 328 g/mol. The van der Waals surface area contributed by atoms with Gasteiger partial charge in [-0.1, -0.05) is 13.8 Å². The van der Waals surface area contributed by atoms with Gasteiger partial charge in [0.15, 0.2) is 0 Å². The van der Waals surface area contributed by atoms with Gasteiger partial charge < -0.3 is 10.4 Å². The van der Waals surface area contributed by atoms with Gasteiger partial charge in [0.2, 0.25) is 0 Å². The van der Waals surface area contributed by atoms with Crippen molar-refractivity contribution in [2.24, 2.45) is 11.8 Å². The van der Waals surface area contributed by atoms with Gasteiger partial charge in [0.05, 0.1) is 5.92 Å². The minimum Gasteiger partial charge on any atom is -0.481 e. The van der Waals surface area contributed by atoms with Crippen molar-refractivity contribution >= 4 is 27.8 Å². The maximum absolute atomic E-state index is 11.8. The molecule has 2 N–H and O–H groups in total. The van der Waals surface area contributed by atoms with E-state index in [1.165, 1.54) is 6.20 Å². The van der Waals surface area contributed by atoms with Gasteiger partial charge in [0.1, 0.15) is 5.69 Å². The molecule has 1 amide bonds. The van der Waals surface area contributed by atoms with E-state index >= 15 is 0 Å². The van der Waals surface area contributed by atoms with Crippen molar-refractivity contribution < 1.29 is 14.7 Å². The number of hydrogen-bond acceptors (Lipinski definition) is 3. The average Bonchev–Trinajstić information content (AvgIpc) is 2.34. The van der Waals surface area contributed by atoms with Gasteiger partial charge in [-0.3, -0.25) is 9.59 Å². The maximum atomic E-state index is 11.8. The van der Waals surface area contributed by atoms with Crippen LogP contribution in [0.3, 0.4) is 0 Å². The summed E-state index contributed by atoms with van der Waals surface area (Å²) in [4.78, 5) is 26.8. The Kier molecular flexibility index (Phi) is 5.95. The number of halogens is 1. The summed E-state index contributed by atoms with van der Waals surface area (Å²) in [6.07, 6.45) is 2.06. The quantitative estimate of drug-likeness (QED) is 0.839. The highest BCUT2D eigenvalue weighted by Gasteiger charge is 2.20. The van der Waals surface area contributed by atoms with Crippen molar-refractivity contribution in [1.82, 2.24) is 10.3 Å². The van der Waals surface area contributed by atoms with Gasteiger partial charge in [-0.2, -0.15) is 0 Å². The molecule has 5 nitrogen and oxygen atoms in total. The first-order valence-electron chi connectivity index (χ1n) is 6.02. The Morgan fingerprint density at radius 3 is 2.58 bits per heavy atom. The van der Waals surface area contributed by atoms with E-state index in [0.29, 0.717) is 6.42 Å². The first-order chi connectivity index (χ1) is 8.90. The van der Waals surface area contributed by atoms with E-state index in [9.17, 15) is 9.59 Å². The predicted octanol–water partition coefficient (Wildman–Crippen LogP) is 2.32. The largest absolute Gasteiger partial charge is 0.481 e. The number of nitrogens with zero attached hydrogens (tertiary/aromatic N) is 1. The Labute approximate surface area is 120 Å². The molecule has 0 radical (unpaired) electrons. The fourth-order valence-electron chi connectivity index (χ4n) is 1.66. The van der Waals surface area contributed by atoms with Crippen LogP contribution in [0.5, 0.6) is 0 Å². The van der Waals surface area contributed by atoms with Crippen molar-refractivity contribution in [3.05, 3.63) is 28.5 Å². The molecule has 19 heavy (non-hydrogen) atoms. The SMILES string of the molecule is CC(C)CC(CNC(=O)c1ccc(Br)cn1)C(=O)O. The second kappa shape index (κ2) is 7.23. The Morgan fingerprint density at radius 2 is 2.11 bits per heavy atom. The van der Waals surface area contributed by atoms with E-state index in [1.807, 2.05) is 13.8 Å². The van der Waals surface area contributed by atoms with Gasteiger partial charge in [-0.05, 0) is 40.4 Å². The molecule has 0 saturated carbocycles. The predicted molar refractivity (Wildman–Crippen MR) is 74.9 cm³/mol. The van der Waals surface area contributed by atoms with Gasteiger partial charge in [0.25, 0.3) is 5.91 Å². The zero-order valence-electron chi connectivity index (χ0n) is 10.9. The third kappa shape index (κ3) is 5.38. The Morgan fingerprint density at radius 1 is 1.42 bits per heavy atom. The van der Waals surface area contributed by atoms with Crippen LogP contribution in [-0.4, -0.2) is 28.5 Å². The molecule has 0 bridgehead atoms. The minimum absolute atomic E-state index is 0.115. The van der Waals surface area contributed by atoms with E-state index in [4.69, 9.17) is 5.11 Å². The molecule has 1 aromatic rings. The number of carboxylic acids is 1. The molecular weight excluding hydrogens is 312 g/mol. The zero-order chi connectivity index (χ0) is 14.4. The van der Waals surface area contributed by atoms with E-state index in [2.05, 4.69) is 26.2 Å². The highest BCUT2D eigenvalue weighted by molar-refractivity contribution is 9.10. The van der Waals surface area contributed by atoms with Crippen LogP contribution in [0.1, 0.15) is 30.8 Å². The van der Waals surface area contributed by atoms with Crippen molar-refractivity contribution in [2.75, 3.05) is 6.54 Å². The molecule has 1 rings (SSSR count). The molecule has 1 unspecified atom stereocenters. The van der Waals surface area contributed by atoms with Gasteiger partial charge >= 0.3 is 5.97 Å². The second-order valence-electron chi connectivity index (χ2n) is 4.74. The molecule has 104 valence electrons. The molecule has 1 aromatic heterocycles. The fourth-order valence-corrected chi connectivity index (χ4v) is 1.89. The lowest BCUT2D eigenvalue weighted by Crippen LogP contribution is -2.34. The molecule has 0 saturated heterocycles. The molecule has 0 aliphatic rings. The normalized spacial score (nSPS) is 12.2. The number of aromatic nitrogens is 1. The minimum atomic E-state index is -0.891. The van der Waals surface area contributed by atoms with Crippen LogP contribution in [0, 0.1) is 11.8 Å². The number of carboxylic acid groups (broad SMARTS) is 1. The number of nitrogens with one attached hydrogen (secondary N) is 1. The summed E-state index contributed by atoms with van der Waals surface area (Å²) in [5.41, 5.74) is 0.275. The summed E-state index contributed by atoms with van der Waals surface area (Å²) in [6.45, 7) is 4.02. The zero-order valence-corrected chi connectivity index (χ0v) is 12.5. The lowest BCUT2D eigenvalue weighted by atomic mass is 9.97. The molecule has 6 heteroatoms. The van der Waals surface area contributed by atoms with E-state index in [0.717, 1.165) is 4.47 Å². The summed E-state index contributed by atoms with van der Waals surface area (Å²) in [7, 11) is 0. The number of rotatable bonds is 6. The summed E-state index contributed by atoms with van der Waals surface area (Å²) >= 11 is 3.23. The summed E-state index contributed by atoms with van der Waals surface area (Å²) in [5.74, 6) is -1.55. The van der Waals surface area contributed by atoms with Crippen molar-refractivity contribution in [3.63, 3.8) is 0 Å². The van der Waals surface area contributed by atoms with Crippen LogP contribution in [-0.2, 0) is 4.79 Å². The second-order valence-corrected chi connectivity index (χ2v) is 5.65. The lowest BCUT2D eigenvalue weighted by molar-refractivity contribution is -0.142. The van der Waals surface area contributed by atoms with Crippen LogP contribution in [0.15, 0.2) is 22.8 Å². The Balaban J connectivity index is 2.56. The van der Waals surface area contributed by atoms with Crippen molar-refractivity contribution in [3.8, 4) is 0 Å². The highest BCUT2D eigenvalue weighted by atomic mass is 79.9. The average molecular weight is 329 g/mol. The maximum Gasteiger partial charge on any atom is 0.308 e. The Hall–Kier alpha value is -1.43. The van der Waals surface area contributed by atoms with Crippen LogP contribution in [0.2, 0.25) is 0 Å². The number of aliphatic carboxylic acids is 1. The van der Waals surface area contributed by atoms with Gasteiger partial charge in [0, 0.05) is 17.2 Å². The standard InChI is InChI=1S/C13H17BrN2O3/c1-8(2)5-9(13(18)19)6-16-12(17)11-4-3-10(14)7-15-11/h3-4,7-9H,5-6H2,1-2H3,(H,16,17)(H,18,19). The molecular formula is C13H17BrN2O3. The van der Waals surface area contributed by atoms with Crippen LogP contribution >= 0.6 is 15.9 Å². The number of carbonyl (C=O) groups is 2. The van der Waals surface area contributed by atoms with E-state index < -0.39 is 11.9 Å². The molecule has 0 aliphatic heterocycles. The van der Waals surface area contributed by atoms with Crippen LogP contribution in [0.4, 0.5) is 0 Å². The lowest BCUT2D eigenvalue weighted by Gasteiger charge is -2.15. The van der Waals surface area contributed by atoms with Crippen molar-refractivity contribution in [2.45, 2.75) is 20.3 Å². The number of pyridine rings is 1. The van der Waals surface area contributed by atoms with E-state index in [1.54, 1.807) is 12.1 Å². The molecule has 0 spiro atoms. The summed E-state index contributed by atoms with van der Waals surface area (Å²) in [5, 5.41) is 11.7. The number of carbonyl (C=O) groups excluding carboxylic acids is 1. The number of amides is 1. The van der Waals surface area contributed by atoms with Gasteiger partial charge in [-0.25, -0.2) is 4.98 Å². The number of hydrogen-bond donors (Lipinski definition) is 2. The first-order valence-corrected chi connectivity index (χ1v) is 6.82. The summed E-state index contributed by atoms with van der Waals surface area (Å²) < 4.78 is 0.785. The third-order valence-electron chi connectivity index (χ3n) is 2.57. The Bertz CT molecular complexity index is 446. The molecule has 0 aromatic carbocycles. The molecule has 0 fully saturated rings. The van der Waals surface area contributed by atoms with Crippen LogP contribution in [0.25, 0.3) is 0 Å². The molecule has 0 aliphatic carbocycles. The molecule has 1 atom stereocenters. The third-order valence-corrected chi connectivity index (χ3v) is 3.04. The van der Waals surface area contributed by atoms with Crippen molar-refractivity contribution in [1.29, 1.82) is 0 Å². The highest BCUT2D eigenvalue weighted by Crippen LogP contribution is 2.12. The molecule has 1 heterocycles. The van der Waals surface area contributed by atoms with Crippen LogP contribution < -0.4 is 5.32 Å². The smallest absolute Gasteiger partial charge is 0.308 e. The van der Waals surface area contributed by atoms with Gasteiger partial charge in [-0.15, -0.1) is 0 Å². The first kappa shape index (κ1) is 15.6. The van der Waals surface area contributed by atoms with E-state index in [-0.39, 0.29) is 24.1 Å².